The highest BCUT2D eigenvalue weighted by Crippen LogP contribution is 2.20. The van der Waals surface area contributed by atoms with E-state index in [9.17, 15) is 13.2 Å². The number of urea groups is 1. The number of carbonyl (C=O) groups is 1. The zero-order valence-corrected chi connectivity index (χ0v) is 11.5. The Labute approximate surface area is 111 Å². The average Bonchev–Trinajstić information content (AvgIpc) is 2.29. The molecule has 0 atom stereocenters. The van der Waals surface area contributed by atoms with E-state index < -0.39 is 16.1 Å². The summed E-state index contributed by atoms with van der Waals surface area (Å²) in [6.45, 7) is 2.13. The van der Waals surface area contributed by atoms with E-state index in [4.69, 9.17) is 11.6 Å². The van der Waals surface area contributed by atoms with Crippen molar-refractivity contribution in [2.24, 2.45) is 0 Å². The van der Waals surface area contributed by atoms with Gasteiger partial charge in [0, 0.05) is 13.6 Å². The van der Waals surface area contributed by atoms with E-state index in [1.165, 1.54) is 19.2 Å². The van der Waals surface area contributed by atoms with E-state index in [2.05, 4.69) is 10.1 Å². The topological polar surface area (TPSA) is 78.5 Å². The summed E-state index contributed by atoms with van der Waals surface area (Å²) in [5.41, 5.74) is 0. The van der Waals surface area contributed by atoms with Crippen LogP contribution in [0.15, 0.2) is 29.2 Å². The summed E-state index contributed by atoms with van der Waals surface area (Å²) < 4.78 is 23.9. The molecule has 0 fully saturated rings. The van der Waals surface area contributed by atoms with Crippen LogP contribution in [0.4, 0.5) is 4.79 Å². The number of halogens is 1. The molecule has 1 aromatic carbocycles. The molecule has 0 saturated carbocycles. The molecule has 0 bridgehead atoms. The molecular weight excluding hydrogens is 278 g/mol. The molecule has 0 aliphatic rings. The Morgan fingerprint density at radius 2 is 2.00 bits per heavy atom. The number of carbonyl (C=O) groups excluding carboxylic acids is 1. The Morgan fingerprint density at radius 1 is 1.39 bits per heavy atom. The number of hydrazine groups is 1. The smallest absolute Gasteiger partial charge is 0.332 e. The third-order valence-corrected chi connectivity index (χ3v) is 3.91. The van der Waals surface area contributed by atoms with Crippen LogP contribution in [0.2, 0.25) is 5.02 Å². The highest BCUT2D eigenvalue weighted by atomic mass is 35.5. The SMILES string of the molecule is CCNC(=O)N(C)NS(=O)(=O)c1ccccc1Cl. The summed E-state index contributed by atoms with van der Waals surface area (Å²) in [4.78, 5) is 13.4. The molecule has 0 spiro atoms. The van der Waals surface area contributed by atoms with Gasteiger partial charge in [0.15, 0.2) is 0 Å². The molecule has 2 N–H and O–H groups in total. The van der Waals surface area contributed by atoms with Gasteiger partial charge in [0.2, 0.25) is 0 Å². The minimum Gasteiger partial charge on any atom is -0.337 e. The Hall–Kier alpha value is -1.31. The number of nitrogens with one attached hydrogen (secondary N) is 2. The van der Waals surface area contributed by atoms with E-state index >= 15 is 0 Å². The molecular formula is C10H14ClN3O3S. The zero-order chi connectivity index (χ0) is 13.8. The monoisotopic (exact) mass is 291 g/mol. The van der Waals surface area contributed by atoms with E-state index in [1.54, 1.807) is 19.1 Å². The van der Waals surface area contributed by atoms with E-state index in [-0.39, 0.29) is 9.92 Å². The van der Waals surface area contributed by atoms with Crippen molar-refractivity contribution in [1.29, 1.82) is 0 Å². The second-order valence-electron chi connectivity index (χ2n) is 3.42. The first-order valence-electron chi connectivity index (χ1n) is 5.17. The van der Waals surface area contributed by atoms with Crippen LogP contribution in [0, 0.1) is 0 Å². The fourth-order valence-electron chi connectivity index (χ4n) is 1.20. The highest BCUT2D eigenvalue weighted by molar-refractivity contribution is 7.89. The second kappa shape index (κ2) is 6.03. The summed E-state index contributed by atoms with van der Waals surface area (Å²) in [5, 5.41) is 3.40. The summed E-state index contributed by atoms with van der Waals surface area (Å²) in [5.74, 6) is 0. The molecule has 2 amide bonds. The second-order valence-corrected chi connectivity index (χ2v) is 5.46. The predicted octanol–water partition coefficient (Wildman–Crippen LogP) is 1.19. The van der Waals surface area contributed by atoms with E-state index in [0.29, 0.717) is 6.54 Å². The van der Waals surface area contributed by atoms with E-state index in [1.807, 2.05) is 0 Å². The molecule has 6 nitrogen and oxygen atoms in total. The van der Waals surface area contributed by atoms with Gasteiger partial charge in [-0.15, -0.1) is 4.83 Å². The Kier molecular flexibility index (Phi) is 4.94. The van der Waals surface area contributed by atoms with Gasteiger partial charge < -0.3 is 5.32 Å². The van der Waals surface area contributed by atoms with Crippen LogP contribution in [0.3, 0.4) is 0 Å². The van der Waals surface area contributed by atoms with Gasteiger partial charge in [-0.2, -0.15) is 0 Å². The molecule has 1 rings (SSSR count). The number of hydrogen-bond donors (Lipinski definition) is 2. The maximum Gasteiger partial charge on any atom is 0.332 e. The van der Waals surface area contributed by atoms with Crippen LogP contribution in [-0.2, 0) is 10.0 Å². The molecule has 0 unspecified atom stereocenters. The maximum absolute atomic E-state index is 12.0. The van der Waals surface area contributed by atoms with Crippen LogP contribution in [0.25, 0.3) is 0 Å². The molecule has 0 heterocycles. The minimum absolute atomic E-state index is 0.0807. The fourth-order valence-corrected chi connectivity index (χ4v) is 2.77. The molecule has 18 heavy (non-hydrogen) atoms. The van der Waals surface area contributed by atoms with Crippen molar-refractivity contribution in [3.8, 4) is 0 Å². The number of nitrogens with zero attached hydrogens (tertiary/aromatic N) is 1. The van der Waals surface area contributed by atoms with Gasteiger partial charge in [-0.25, -0.2) is 18.2 Å². The molecule has 0 saturated heterocycles. The van der Waals surface area contributed by atoms with Gasteiger partial charge in [-0.1, -0.05) is 23.7 Å². The normalized spacial score (nSPS) is 11.1. The third-order valence-electron chi connectivity index (χ3n) is 2.02. The quantitative estimate of drug-likeness (QED) is 0.818. The van der Waals surface area contributed by atoms with Crippen molar-refractivity contribution in [2.45, 2.75) is 11.8 Å². The average molecular weight is 292 g/mol. The van der Waals surface area contributed by atoms with Crippen molar-refractivity contribution in [2.75, 3.05) is 13.6 Å². The van der Waals surface area contributed by atoms with Crippen molar-refractivity contribution < 1.29 is 13.2 Å². The molecule has 0 aliphatic carbocycles. The molecule has 100 valence electrons. The van der Waals surface area contributed by atoms with Gasteiger partial charge in [0.25, 0.3) is 10.0 Å². The first-order chi connectivity index (χ1) is 8.38. The minimum atomic E-state index is -3.87. The summed E-state index contributed by atoms with van der Waals surface area (Å²) in [6, 6.07) is 5.44. The lowest BCUT2D eigenvalue weighted by molar-refractivity contribution is 0.202. The van der Waals surface area contributed by atoms with Crippen LogP contribution >= 0.6 is 11.6 Å². The van der Waals surface area contributed by atoms with Crippen LogP contribution < -0.4 is 10.1 Å². The lowest BCUT2D eigenvalue weighted by atomic mass is 10.4. The summed E-state index contributed by atoms with van der Waals surface area (Å²) in [7, 11) is -2.57. The fraction of sp³-hybridized carbons (Fsp3) is 0.300. The van der Waals surface area contributed by atoms with Gasteiger partial charge in [0.05, 0.1) is 5.02 Å². The lowest BCUT2D eigenvalue weighted by Crippen LogP contribution is -2.48. The first-order valence-corrected chi connectivity index (χ1v) is 7.03. The van der Waals surface area contributed by atoms with Crippen LogP contribution in [0.5, 0.6) is 0 Å². The highest BCUT2D eigenvalue weighted by Gasteiger charge is 2.21. The molecule has 0 aromatic heterocycles. The third kappa shape index (κ3) is 3.59. The maximum atomic E-state index is 12.0. The molecule has 0 aliphatic heterocycles. The Bertz CT molecular complexity index is 533. The van der Waals surface area contributed by atoms with Crippen molar-refractivity contribution in [3.63, 3.8) is 0 Å². The molecule has 1 aromatic rings. The van der Waals surface area contributed by atoms with Crippen molar-refractivity contribution in [3.05, 3.63) is 29.3 Å². The van der Waals surface area contributed by atoms with Gasteiger partial charge in [-0.3, -0.25) is 0 Å². The standard InChI is InChI=1S/C10H14ClN3O3S/c1-3-12-10(15)14(2)13-18(16,17)9-7-5-4-6-8(9)11/h4-7,13H,3H2,1-2H3,(H,12,15). The Balaban J connectivity index is 2.90. The van der Waals surface area contributed by atoms with Crippen LogP contribution in [-0.4, -0.2) is 33.1 Å². The number of rotatable bonds is 4. The number of benzene rings is 1. The van der Waals surface area contributed by atoms with E-state index in [0.717, 1.165) is 5.01 Å². The predicted molar refractivity (Wildman–Crippen MR) is 68.6 cm³/mol. The number of sulfonamides is 1. The van der Waals surface area contributed by atoms with Gasteiger partial charge in [0.1, 0.15) is 4.90 Å². The zero-order valence-electron chi connectivity index (χ0n) is 9.97. The summed E-state index contributed by atoms with van der Waals surface area (Å²) in [6.07, 6.45) is 0. The number of hydrogen-bond acceptors (Lipinski definition) is 3. The lowest BCUT2D eigenvalue weighted by Gasteiger charge is -2.18. The Morgan fingerprint density at radius 3 is 2.56 bits per heavy atom. The molecule has 0 radical (unpaired) electrons. The largest absolute Gasteiger partial charge is 0.337 e. The van der Waals surface area contributed by atoms with Crippen molar-refractivity contribution >= 4 is 27.7 Å². The van der Waals surface area contributed by atoms with Crippen LogP contribution in [0.1, 0.15) is 6.92 Å². The van der Waals surface area contributed by atoms with Crippen molar-refractivity contribution in [1.82, 2.24) is 15.2 Å². The van der Waals surface area contributed by atoms with Gasteiger partial charge >= 0.3 is 6.03 Å². The number of amides is 2. The summed E-state index contributed by atoms with van der Waals surface area (Å²) >= 11 is 5.79. The molecule has 8 heteroatoms. The van der Waals surface area contributed by atoms with Gasteiger partial charge in [-0.05, 0) is 19.1 Å². The first kappa shape index (κ1) is 14.7.